The van der Waals surface area contributed by atoms with Crippen molar-refractivity contribution in [2.24, 2.45) is 11.8 Å². The summed E-state index contributed by atoms with van der Waals surface area (Å²) in [5, 5.41) is 0. The van der Waals surface area contributed by atoms with Gasteiger partial charge in [0.1, 0.15) is 5.82 Å². The summed E-state index contributed by atoms with van der Waals surface area (Å²) in [5.74, 6) is 2.56. The zero-order valence-corrected chi connectivity index (χ0v) is 9.81. The van der Waals surface area contributed by atoms with Gasteiger partial charge in [0.15, 0.2) is 0 Å². The molecule has 1 fully saturated rings. The third-order valence-electron chi connectivity index (χ3n) is 3.60. The topological polar surface area (TPSA) is 25.8 Å². The van der Waals surface area contributed by atoms with Crippen molar-refractivity contribution in [3.05, 3.63) is 36.9 Å². The van der Waals surface area contributed by atoms with Crippen molar-refractivity contribution in [3.63, 3.8) is 0 Å². The van der Waals surface area contributed by atoms with Gasteiger partial charge in [-0.15, -0.1) is 6.58 Å². The van der Waals surface area contributed by atoms with Crippen molar-refractivity contribution >= 4 is 0 Å². The summed E-state index contributed by atoms with van der Waals surface area (Å²) in [6.45, 7) is 3.87. The monoisotopic (exact) mass is 216 g/mol. The lowest BCUT2D eigenvalue weighted by atomic mass is 9.76. The van der Waals surface area contributed by atoms with Crippen molar-refractivity contribution in [1.29, 1.82) is 0 Å². The van der Waals surface area contributed by atoms with Gasteiger partial charge in [-0.2, -0.15) is 0 Å². The van der Waals surface area contributed by atoms with E-state index in [0.717, 1.165) is 30.5 Å². The molecule has 1 aromatic rings. The minimum Gasteiger partial charge on any atom is -0.241 e. The van der Waals surface area contributed by atoms with E-state index in [1.54, 1.807) is 0 Å². The van der Waals surface area contributed by atoms with Crippen LogP contribution in [0.25, 0.3) is 0 Å². The number of rotatable bonds is 4. The van der Waals surface area contributed by atoms with E-state index in [4.69, 9.17) is 0 Å². The molecule has 0 spiro atoms. The van der Waals surface area contributed by atoms with Crippen LogP contribution in [-0.2, 0) is 6.42 Å². The molecule has 1 aromatic heterocycles. The molecule has 0 unspecified atom stereocenters. The first-order valence-electron chi connectivity index (χ1n) is 6.27. The smallest absolute Gasteiger partial charge is 0.128 e. The molecule has 16 heavy (non-hydrogen) atoms. The van der Waals surface area contributed by atoms with Crippen LogP contribution < -0.4 is 0 Å². The van der Waals surface area contributed by atoms with Crippen LogP contribution in [0.5, 0.6) is 0 Å². The van der Waals surface area contributed by atoms with Crippen LogP contribution in [-0.4, -0.2) is 9.97 Å². The Bertz CT molecular complexity index is 321. The first kappa shape index (κ1) is 11.3. The highest BCUT2D eigenvalue weighted by molar-refractivity contribution is 4.93. The third kappa shape index (κ3) is 2.91. The average molecular weight is 216 g/mol. The molecule has 0 aliphatic heterocycles. The maximum absolute atomic E-state index is 4.33. The summed E-state index contributed by atoms with van der Waals surface area (Å²) < 4.78 is 0. The highest BCUT2D eigenvalue weighted by Crippen LogP contribution is 2.34. The summed E-state index contributed by atoms with van der Waals surface area (Å²) in [6.07, 6.45) is 13.4. The Morgan fingerprint density at radius 1 is 1.19 bits per heavy atom. The Balaban J connectivity index is 1.98. The molecular weight excluding hydrogens is 196 g/mol. The van der Waals surface area contributed by atoms with Gasteiger partial charge in [0.05, 0.1) is 0 Å². The van der Waals surface area contributed by atoms with Gasteiger partial charge in [-0.05, 0) is 37.2 Å². The molecule has 0 aromatic carbocycles. The van der Waals surface area contributed by atoms with Gasteiger partial charge in [0.2, 0.25) is 0 Å². The maximum atomic E-state index is 4.33. The van der Waals surface area contributed by atoms with E-state index in [1.165, 1.54) is 25.7 Å². The lowest BCUT2D eigenvalue weighted by molar-refractivity contribution is 0.234. The fourth-order valence-corrected chi connectivity index (χ4v) is 2.75. The van der Waals surface area contributed by atoms with Gasteiger partial charge in [0.25, 0.3) is 0 Å². The van der Waals surface area contributed by atoms with E-state index in [9.17, 15) is 0 Å². The van der Waals surface area contributed by atoms with E-state index in [-0.39, 0.29) is 0 Å². The molecule has 1 saturated carbocycles. The predicted molar refractivity (Wildman–Crippen MR) is 66.0 cm³/mol. The molecule has 1 aliphatic carbocycles. The minimum absolute atomic E-state index is 0.758. The fourth-order valence-electron chi connectivity index (χ4n) is 2.75. The second-order valence-corrected chi connectivity index (χ2v) is 4.70. The van der Waals surface area contributed by atoms with E-state index < -0.39 is 0 Å². The second-order valence-electron chi connectivity index (χ2n) is 4.70. The van der Waals surface area contributed by atoms with Gasteiger partial charge in [0, 0.05) is 18.8 Å². The summed E-state index contributed by atoms with van der Waals surface area (Å²) >= 11 is 0. The zero-order valence-electron chi connectivity index (χ0n) is 9.81. The van der Waals surface area contributed by atoms with Crippen LogP contribution in [0.4, 0.5) is 0 Å². The summed E-state index contributed by atoms with van der Waals surface area (Å²) in [4.78, 5) is 8.66. The predicted octanol–water partition coefficient (Wildman–Crippen LogP) is 3.40. The molecule has 0 amide bonds. The van der Waals surface area contributed by atoms with E-state index in [0.29, 0.717) is 0 Å². The molecule has 86 valence electrons. The molecule has 1 heterocycles. The molecular formula is C14H20N2. The molecule has 2 nitrogen and oxygen atoms in total. The van der Waals surface area contributed by atoms with Crippen molar-refractivity contribution in [2.45, 2.75) is 38.5 Å². The third-order valence-corrected chi connectivity index (χ3v) is 3.60. The Kier molecular flexibility index (Phi) is 4.09. The standard InChI is InChI=1S/C14H20N2/c1-2-6-12-7-3-4-8-13(12)11-14-15-9-5-10-16-14/h2,5,9-10,12-13H,1,3-4,6-8,11H2/t12-,13+/m1/s1. The quantitative estimate of drug-likeness (QED) is 0.721. The van der Waals surface area contributed by atoms with Gasteiger partial charge in [-0.3, -0.25) is 0 Å². The number of aromatic nitrogens is 2. The van der Waals surface area contributed by atoms with Crippen LogP contribution in [0.2, 0.25) is 0 Å². The van der Waals surface area contributed by atoms with Crippen molar-refractivity contribution in [3.8, 4) is 0 Å². The second kappa shape index (κ2) is 5.78. The van der Waals surface area contributed by atoms with Gasteiger partial charge in [-0.1, -0.05) is 18.9 Å². The first-order valence-corrected chi connectivity index (χ1v) is 6.27. The SMILES string of the molecule is C=CC[C@@H]1CCCC[C@H]1Cc1ncccn1. The van der Waals surface area contributed by atoms with Crippen LogP contribution in [0.15, 0.2) is 31.1 Å². The number of hydrogen-bond donors (Lipinski definition) is 0. The van der Waals surface area contributed by atoms with Crippen LogP contribution in [0.1, 0.15) is 37.9 Å². The van der Waals surface area contributed by atoms with Crippen molar-refractivity contribution < 1.29 is 0 Å². The van der Waals surface area contributed by atoms with E-state index >= 15 is 0 Å². The maximum Gasteiger partial charge on any atom is 0.128 e. The molecule has 0 bridgehead atoms. The Morgan fingerprint density at radius 2 is 1.88 bits per heavy atom. The van der Waals surface area contributed by atoms with Gasteiger partial charge < -0.3 is 0 Å². The molecule has 2 heteroatoms. The zero-order chi connectivity index (χ0) is 11.2. The molecule has 0 saturated heterocycles. The van der Waals surface area contributed by atoms with Crippen molar-refractivity contribution in [1.82, 2.24) is 9.97 Å². The number of hydrogen-bond acceptors (Lipinski definition) is 2. The van der Waals surface area contributed by atoms with E-state index in [2.05, 4.69) is 22.6 Å². The molecule has 1 aliphatic rings. The molecule has 0 N–H and O–H groups in total. The Hall–Kier alpha value is -1.18. The lowest BCUT2D eigenvalue weighted by Gasteiger charge is -2.30. The number of allylic oxidation sites excluding steroid dienone is 1. The minimum atomic E-state index is 0.758. The number of nitrogens with zero attached hydrogens (tertiary/aromatic N) is 2. The molecule has 2 rings (SSSR count). The molecule has 0 radical (unpaired) electrons. The van der Waals surface area contributed by atoms with Gasteiger partial charge in [-0.25, -0.2) is 9.97 Å². The van der Waals surface area contributed by atoms with Crippen molar-refractivity contribution in [2.75, 3.05) is 0 Å². The molecule has 2 atom stereocenters. The van der Waals surface area contributed by atoms with Crippen LogP contribution in [0, 0.1) is 11.8 Å². The Labute approximate surface area is 97.8 Å². The largest absolute Gasteiger partial charge is 0.241 e. The summed E-state index contributed by atoms with van der Waals surface area (Å²) in [6, 6.07) is 1.88. The lowest BCUT2D eigenvalue weighted by Crippen LogP contribution is -2.22. The van der Waals surface area contributed by atoms with E-state index in [1.807, 2.05) is 18.5 Å². The van der Waals surface area contributed by atoms with Gasteiger partial charge >= 0.3 is 0 Å². The highest BCUT2D eigenvalue weighted by Gasteiger charge is 2.24. The Morgan fingerprint density at radius 3 is 2.56 bits per heavy atom. The normalized spacial score (nSPS) is 25.2. The fraction of sp³-hybridized carbons (Fsp3) is 0.571. The first-order chi connectivity index (χ1) is 7.90. The average Bonchev–Trinajstić information content (AvgIpc) is 2.33. The summed E-state index contributed by atoms with van der Waals surface area (Å²) in [7, 11) is 0. The summed E-state index contributed by atoms with van der Waals surface area (Å²) in [5.41, 5.74) is 0. The van der Waals surface area contributed by atoms with Crippen LogP contribution in [0.3, 0.4) is 0 Å². The van der Waals surface area contributed by atoms with Crippen LogP contribution >= 0.6 is 0 Å². The highest BCUT2D eigenvalue weighted by atomic mass is 14.8.